The molecule has 2 aromatic heterocycles. The summed E-state index contributed by atoms with van der Waals surface area (Å²) in [4.78, 5) is 10.5. The minimum atomic E-state index is -3.51. The number of hydrogen-bond donors (Lipinski definition) is 1. The van der Waals surface area contributed by atoms with Gasteiger partial charge in [0.05, 0.1) is 12.5 Å². The van der Waals surface area contributed by atoms with E-state index in [1.54, 1.807) is 12.4 Å². The average molecular weight is 278 g/mol. The molecule has 1 fully saturated rings. The molecule has 3 rings (SSSR count). The van der Waals surface area contributed by atoms with Crippen molar-refractivity contribution in [3.8, 4) is 0 Å². The van der Waals surface area contributed by atoms with E-state index in [-0.39, 0.29) is 11.1 Å². The fourth-order valence-corrected chi connectivity index (χ4v) is 3.53. The number of imidazole rings is 1. The molecule has 1 aliphatic carbocycles. The van der Waals surface area contributed by atoms with E-state index in [1.807, 2.05) is 12.1 Å². The third-order valence-corrected chi connectivity index (χ3v) is 4.90. The molecule has 2 aromatic rings. The van der Waals surface area contributed by atoms with E-state index in [2.05, 4.69) is 15.0 Å². The van der Waals surface area contributed by atoms with Crippen molar-refractivity contribution < 1.29 is 8.42 Å². The van der Waals surface area contributed by atoms with Crippen molar-refractivity contribution in [3.05, 3.63) is 42.6 Å². The van der Waals surface area contributed by atoms with Crippen molar-refractivity contribution in [3.63, 3.8) is 0 Å². The zero-order chi connectivity index (χ0) is 13.3. The van der Waals surface area contributed by atoms with Crippen LogP contribution in [0.2, 0.25) is 0 Å². The van der Waals surface area contributed by atoms with Gasteiger partial charge in [0.2, 0.25) is 0 Å². The molecule has 0 spiro atoms. The molecule has 0 radical (unpaired) electrons. The van der Waals surface area contributed by atoms with Crippen LogP contribution in [0.25, 0.3) is 0 Å². The molecule has 0 aliphatic heterocycles. The van der Waals surface area contributed by atoms with Gasteiger partial charge < -0.3 is 4.98 Å². The van der Waals surface area contributed by atoms with E-state index in [1.165, 1.54) is 16.8 Å². The molecule has 0 atom stereocenters. The maximum atomic E-state index is 12.5. The maximum absolute atomic E-state index is 12.5. The Morgan fingerprint density at radius 1 is 1.32 bits per heavy atom. The third-order valence-electron chi connectivity index (χ3n) is 3.08. The van der Waals surface area contributed by atoms with Crippen molar-refractivity contribution in [1.82, 2.24) is 19.3 Å². The lowest BCUT2D eigenvalue weighted by atomic mass is 10.3. The lowest BCUT2D eigenvalue weighted by Gasteiger charge is -2.20. The summed E-state index contributed by atoms with van der Waals surface area (Å²) in [6.07, 6.45) is 7.91. The molecule has 1 N–H and O–H groups in total. The first-order valence-electron chi connectivity index (χ1n) is 6.07. The largest absolute Gasteiger partial charge is 0.335 e. The number of pyridine rings is 1. The van der Waals surface area contributed by atoms with Gasteiger partial charge in [0.25, 0.3) is 10.0 Å². The van der Waals surface area contributed by atoms with E-state index in [4.69, 9.17) is 0 Å². The van der Waals surface area contributed by atoms with Crippen LogP contribution in [-0.2, 0) is 16.6 Å². The Kier molecular flexibility index (Phi) is 3.08. The van der Waals surface area contributed by atoms with Crippen molar-refractivity contribution in [2.75, 3.05) is 0 Å². The normalized spacial score (nSPS) is 15.8. The quantitative estimate of drug-likeness (QED) is 0.890. The second-order valence-electron chi connectivity index (χ2n) is 4.56. The standard InChI is InChI=1S/C12H14N4O2S/c17-19(18,12-7-14-9-15-12)16(11-3-4-11)8-10-2-1-5-13-6-10/h1-2,5-7,9,11H,3-4,8H2,(H,14,15). The van der Waals surface area contributed by atoms with E-state index in [0.29, 0.717) is 6.54 Å². The predicted molar refractivity (Wildman–Crippen MR) is 68.6 cm³/mol. The summed E-state index contributed by atoms with van der Waals surface area (Å²) < 4.78 is 26.6. The first-order valence-corrected chi connectivity index (χ1v) is 7.51. The first-order chi connectivity index (χ1) is 9.18. The molecule has 0 amide bonds. The Balaban J connectivity index is 1.90. The Morgan fingerprint density at radius 2 is 2.16 bits per heavy atom. The van der Waals surface area contributed by atoms with Crippen molar-refractivity contribution in [2.45, 2.75) is 30.5 Å². The van der Waals surface area contributed by atoms with E-state index >= 15 is 0 Å². The number of rotatable bonds is 5. The SMILES string of the molecule is O=S(=O)(c1cnc[nH]1)N(Cc1cccnc1)C1CC1. The van der Waals surface area contributed by atoms with Gasteiger partial charge in [0.15, 0.2) is 5.03 Å². The molecule has 6 nitrogen and oxygen atoms in total. The number of nitrogens with zero attached hydrogens (tertiary/aromatic N) is 3. The number of aromatic nitrogens is 3. The highest BCUT2D eigenvalue weighted by Crippen LogP contribution is 2.32. The molecule has 0 unspecified atom stereocenters. The van der Waals surface area contributed by atoms with Crippen LogP contribution in [0.4, 0.5) is 0 Å². The van der Waals surface area contributed by atoms with Gasteiger partial charge in [-0.1, -0.05) is 6.07 Å². The number of H-pyrrole nitrogens is 1. The van der Waals surface area contributed by atoms with Crippen LogP contribution in [0.3, 0.4) is 0 Å². The van der Waals surface area contributed by atoms with Gasteiger partial charge in [-0.15, -0.1) is 0 Å². The third kappa shape index (κ3) is 2.52. The summed E-state index contributed by atoms with van der Waals surface area (Å²) in [5.74, 6) is 0. The van der Waals surface area contributed by atoms with Gasteiger partial charge in [-0.25, -0.2) is 13.4 Å². The van der Waals surface area contributed by atoms with Gasteiger partial charge in [-0.2, -0.15) is 4.31 Å². The minimum absolute atomic E-state index is 0.0912. The average Bonchev–Trinajstić information content (AvgIpc) is 3.09. The number of hydrogen-bond acceptors (Lipinski definition) is 4. The molecule has 100 valence electrons. The Morgan fingerprint density at radius 3 is 2.74 bits per heavy atom. The van der Waals surface area contributed by atoms with Crippen LogP contribution in [-0.4, -0.2) is 33.7 Å². The lowest BCUT2D eigenvalue weighted by Crippen LogP contribution is -2.32. The Bertz CT molecular complexity index is 636. The monoisotopic (exact) mass is 278 g/mol. The van der Waals surface area contributed by atoms with Crippen LogP contribution < -0.4 is 0 Å². The summed E-state index contributed by atoms with van der Waals surface area (Å²) in [6, 6.07) is 3.78. The number of aromatic amines is 1. The molecule has 7 heteroatoms. The molecule has 1 saturated carbocycles. The maximum Gasteiger partial charge on any atom is 0.260 e. The molecular weight excluding hydrogens is 264 g/mol. The highest BCUT2D eigenvalue weighted by atomic mass is 32.2. The molecular formula is C12H14N4O2S. The number of nitrogens with one attached hydrogen (secondary N) is 1. The zero-order valence-electron chi connectivity index (χ0n) is 10.2. The van der Waals surface area contributed by atoms with E-state index in [0.717, 1.165) is 18.4 Å². The van der Waals surface area contributed by atoms with E-state index in [9.17, 15) is 8.42 Å². The van der Waals surface area contributed by atoms with Gasteiger partial charge in [-0.3, -0.25) is 4.98 Å². The van der Waals surface area contributed by atoms with Gasteiger partial charge >= 0.3 is 0 Å². The topological polar surface area (TPSA) is 79.0 Å². The first kappa shape index (κ1) is 12.3. The second-order valence-corrected chi connectivity index (χ2v) is 6.42. The van der Waals surface area contributed by atoms with Crippen LogP contribution >= 0.6 is 0 Å². The number of sulfonamides is 1. The minimum Gasteiger partial charge on any atom is -0.335 e. The molecule has 0 saturated heterocycles. The fourth-order valence-electron chi connectivity index (χ4n) is 1.95. The van der Waals surface area contributed by atoms with Crippen LogP contribution in [0, 0.1) is 0 Å². The molecule has 0 bridgehead atoms. The summed E-state index contributed by atoms with van der Waals surface area (Å²) in [7, 11) is -3.51. The molecule has 0 aromatic carbocycles. The molecule has 1 aliphatic rings. The summed E-state index contributed by atoms with van der Waals surface area (Å²) in [5, 5.41) is 0.142. The highest BCUT2D eigenvalue weighted by Gasteiger charge is 2.38. The molecule has 19 heavy (non-hydrogen) atoms. The lowest BCUT2D eigenvalue weighted by molar-refractivity contribution is 0.396. The Labute approximate surface area is 111 Å². The van der Waals surface area contributed by atoms with E-state index < -0.39 is 10.0 Å². The van der Waals surface area contributed by atoms with Crippen LogP contribution in [0.1, 0.15) is 18.4 Å². The van der Waals surface area contributed by atoms with Gasteiger partial charge in [-0.05, 0) is 24.5 Å². The van der Waals surface area contributed by atoms with Crippen molar-refractivity contribution in [1.29, 1.82) is 0 Å². The van der Waals surface area contributed by atoms with Crippen molar-refractivity contribution in [2.24, 2.45) is 0 Å². The van der Waals surface area contributed by atoms with Crippen LogP contribution in [0.5, 0.6) is 0 Å². The van der Waals surface area contributed by atoms with Crippen molar-refractivity contribution >= 4 is 10.0 Å². The Hall–Kier alpha value is -1.73. The highest BCUT2D eigenvalue weighted by molar-refractivity contribution is 7.89. The summed E-state index contributed by atoms with van der Waals surface area (Å²) >= 11 is 0. The summed E-state index contributed by atoms with van der Waals surface area (Å²) in [5.41, 5.74) is 0.887. The molecule has 2 heterocycles. The smallest absolute Gasteiger partial charge is 0.260 e. The fraction of sp³-hybridized carbons (Fsp3) is 0.333. The van der Waals surface area contributed by atoms with Crippen LogP contribution in [0.15, 0.2) is 42.1 Å². The zero-order valence-corrected chi connectivity index (χ0v) is 11.0. The van der Waals surface area contributed by atoms with Gasteiger partial charge in [0, 0.05) is 25.0 Å². The summed E-state index contributed by atoms with van der Waals surface area (Å²) in [6.45, 7) is 0.347. The second kappa shape index (κ2) is 4.75. The predicted octanol–water partition coefficient (Wildman–Crippen LogP) is 1.16. The van der Waals surface area contributed by atoms with Gasteiger partial charge in [0.1, 0.15) is 0 Å².